The molecule has 1 aromatic carbocycles. The molecule has 1 aromatic heterocycles. The lowest BCUT2D eigenvalue weighted by Gasteiger charge is -2.14. The predicted molar refractivity (Wildman–Crippen MR) is 76.1 cm³/mol. The van der Waals surface area contributed by atoms with Gasteiger partial charge in [0.1, 0.15) is 10.8 Å². The molecule has 0 amide bonds. The second-order valence-corrected chi connectivity index (χ2v) is 5.08. The van der Waals surface area contributed by atoms with Crippen molar-refractivity contribution in [1.29, 1.82) is 0 Å². The minimum atomic E-state index is 0.676. The number of hydrogen-bond donors (Lipinski definition) is 2. The van der Waals surface area contributed by atoms with Crippen LogP contribution in [0.5, 0.6) is 5.75 Å². The van der Waals surface area contributed by atoms with Crippen LogP contribution in [-0.2, 0) is 0 Å². The van der Waals surface area contributed by atoms with Gasteiger partial charge in [0.15, 0.2) is 5.82 Å². The molecule has 2 aromatic rings. The van der Waals surface area contributed by atoms with Crippen molar-refractivity contribution in [2.45, 2.75) is 20.8 Å². The number of hydrogen-bond acceptors (Lipinski definition) is 5. The Hall–Kier alpha value is -1.59. The van der Waals surface area contributed by atoms with E-state index in [9.17, 15) is 0 Å². The summed E-state index contributed by atoms with van der Waals surface area (Å²) in [5.74, 6) is 6.94. The van der Waals surface area contributed by atoms with Gasteiger partial charge in [-0.05, 0) is 37.5 Å². The van der Waals surface area contributed by atoms with Gasteiger partial charge < -0.3 is 10.2 Å². The Labute approximate surface area is 111 Å². The summed E-state index contributed by atoms with van der Waals surface area (Å²) in [4.78, 5) is 4.44. The van der Waals surface area contributed by atoms with Crippen LogP contribution in [-0.4, -0.2) is 12.1 Å². The van der Waals surface area contributed by atoms with Crippen molar-refractivity contribution in [3.8, 4) is 16.3 Å². The van der Waals surface area contributed by atoms with Crippen LogP contribution >= 0.6 is 11.3 Å². The van der Waals surface area contributed by atoms with Gasteiger partial charge in [0.05, 0.1) is 12.7 Å². The van der Waals surface area contributed by atoms with E-state index >= 15 is 0 Å². The fraction of sp³-hybridized carbons (Fsp3) is 0.308. The second kappa shape index (κ2) is 4.96. The third kappa shape index (κ3) is 2.07. The van der Waals surface area contributed by atoms with Gasteiger partial charge in [0.2, 0.25) is 0 Å². The molecule has 3 N–H and O–H groups in total. The lowest BCUT2D eigenvalue weighted by molar-refractivity contribution is 0.412. The number of nitrogen functional groups attached to an aromatic ring is 1. The van der Waals surface area contributed by atoms with Crippen molar-refractivity contribution < 1.29 is 4.74 Å². The zero-order valence-electron chi connectivity index (χ0n) is 11.0. The second-order valence-electron chi connectivity index (χ2n) is 4.23. The summed E-state index contributed by atoms with van der Waals surface area (Å²) in [5, 5.41) is 2.81. The molecule has 5 heteroatoms. The summed E-state index contributed by atoms with van der Waals surface area (Å²) in [5.41, 5.74) is 7.14. The highest BCUT2D eigenvalue weighted by atomic mass is 32.1. The normalized spacial score (nSPS) is 10.5. The van der Waals surface area contributed by atoms with E-state index in [1.165, 1.54) is 5.56 Å². The largest absolute Gasteiger partial charge is 0.496 e. The number of rotatable bonds is 3. The van der Waals surface area contributed by atoms with E-state index in [1.807, 2.05) is 5.38 Å². The average molecular weight is 263 g/mol. The molecule has 18 heavy (non-hydrogen) atoms. The van der Waals surface area contributed by atoms with Gasteiger partial charge in [-0.3, -0.25) is 0 Å². The Bertz CT molecular complexity index is 578. The molecule has 0 radical (unpaired) electrons. The van der Waals surface area contributed by atoms with Crippen molar-refractivity contribution >= 4 is 17.2 Å². The van der Waals surface area contributed by atoms with E-state index in [1.54, 1.807) is 18.4 Å². The van der Waals surface area contributed by atoms with Gasteiger partial charge in [-0.1, -0.05) is 6.07 Å². The van der Waals surface area contributed by atoms with Crippen LogP contribution in [0.3, 0.4) is 0 Å². The van der Waals surface area contributed by atoms with Gasteiger partial charge in [0.25, 0.3) is 0 Å². The number of nitrogens with two attached hydrogens (primary N) is 1. The fourth-order valence-corrected chi connectivity index (χ4v) is 2.89. The lowest BCUT2D eigenvalue weighted by atomic mass is 9.99. The molecule has 0 atom stereocenters. The number of hydrazine groups is 1. The van der Waals surface area contributed by atoms with Gasteiger partial charge in [-0.2, -0.15) is 0 Å². The Morgan fingerprint density at radius 2 is 2.00 bits per heavy atom. The van der Waals surface area contributed by atoms with Gasteiger partial charge >= 0.3 is 0 Å². The number of ether oxygens (including phenoxy) is 1. The Kier molecular flexibility index (Phi) is 3.54. The maximum absolute atomic E-state index is 5.55. The molecule has 0 fully saturated rings. The molecular formula is C13H17N3OS. The molecule has 96 valence electrons. The van der Waals surface area contributed by atoms with E-state index in [0.717, 1.165) is 27.4 Å². The van der Waals surface area contributed by atoms with E-state index in [2.05, 4.69) is 37.2 Å². The van der Waals surface area contributed by atoms with Crippen LogP contribution in [0, 0.1) is 20.8 Å². The molecule has 0 aliphatic carbocycles. The molecule has 0 aliphatic heterocycles. The topological polar surface area (TPSA) is 60.2 Å². The summed E-state index contributed by atoms with van der Waals surface area (Å²) in [6.45, 7) is 6.22. The van der Waals surface area contributed by atoms with Crippen molar-refractivity contribution in [3.05, 3.63) is 28.1 Å². The van der Waals surface area contributed by atoms with Crippen LogP contribution in [0.4, 0.5) is 5.82 Å². The summed E-state index contributed by atoms with van der Waals surface area (Å²) in [6.07, 6.45) is 0. The first-order chi connectivity index (χ1) is 8.58. The van der Waals surface area contributed by atoms with E-state index in [4.69, 9.17) is 10.6 Å². The SMILES string of the molecule is COc1c(C)c(C)cc(C)c1-c1nc(NN)cs1. The molecule has 0 spiro atoms. The first-order valence-corrected chi connectivity index (χ1v) is 6.53. The fourth-order valence-electron chi connectivity index (χ4n) is 2.03. The number of anilines is 1. The molecule has 2 rings (SSSR count). The zero-order chi connectivity index (χ0) is 13.3. The van der Waals surface area contributed by atoms with Crippen molar-refractivity contribution in [2.75, 3.05) is 12.5 Å². The average Bonchev–Trinajstić information content (AvgIpc) is 2.81. The highest BCUT2D eigenvalue weighted by molar-refractivity contribution is 7.13. The van der Waals surface area contributed by atoms with Crippen LogP contribution < -0.4 is 16.0 Å². The molecule has 0 bridgehead atoms. The smallest absolute Gasteiger partial charge is 0.151 e. The first-order valence-electron chi connectivity index (χ1n) is 5.65. The summed E-state index contributed by atoms with van der Waals surface area (Å²) >= 11 is 1.55. The van der Waals surface area contributed by atoms with E-state index < -0.39 is 0 Å². The Morgan fingerprint density at radius 1 is 1.28 bits per heavy atom. The third-order valence-corrected chi connectivity index (χ3v) is 3.92. The first kappa shape index (κ1) is 12.9. The Morgan fingerprint density at radius 3 is 2.56 bits per heavy atom. The molecule has 1 heterocycles. The maximum Gasteiger partial charge on any atom is 0.151 e. The lowest BCUT2D eigenvalue weighted by Crippen LogP contribution is -2.06. The number of benzene rings is 1. The number of methoxy groups -OCH3 is 1. The van der Waals surface area contributed by atoms with Gasteiger partial charge in [0, 0.05) is 5.38 Å². The molecular weight excluding hydrogens is 246 g/mol. The summed E-state index contributed by atoms with van der Waals surface area (Å²) < 4.78 is 5.55. The van der Waals surface area contributed by atoms with Gasteiger partial charge in [-0.15, -0.1) is 11.3 Å². The standard InChI is InChI=1S/C13H17N3OS/c1-7-5-8(2)11(12(17-4)9(7)3)13-15-10(16-14)6-18-13/h5-6,16H,14H2,1-4H3. The molecule has 0 unspecified atom stereocenters. The molecule has 4 nitrogen and oxygen atoms in total. The van der Waals surface area contributed by atoms with Crippen LogP contribution in [0.2, 0.25) is 0 Å². The van der Waals surface area contributed by atoms with Crippen LogP contribution in [0.1, 0.15) is 16.7 Å². The van der Waals surface area contributed by atoms with Crippen molar-refractivity contribution in [1.82, 2.24) is 4.98 Å². The Balaban J connectivity index is 2.66. The minimum Gasteiger partial charge on any atom is -0.496 e. The highest BCUT2D eigenvalue weighted by Crippen LogP contribution is 2.39. The number of aromatic nitrogens is 1. The van der Waals surface area contributed by atoms with Crippen LogP contribution in [0.25, 0.3) is 10.6 Å². The number of nitrogens with zero attached hydrogens (tertiary/aromatic N) is 1. The highest BCUT2D eigenvalue weighted by Gasteiger charge is 2.16. The van der Waals surface area contributed by atoms with Gasteiger partial charge in [-0.25, -0.2) is 10.8 Å². The molecule has 0 saturated heterocycles. The summed E-state index contributed by atoms with van der Waals surface area (Å²) in [7, 11) is 1.69. The molecule has 0 saturated carbocycles. The quantitative estimate of drug-likeness (QED) is 0.660. The van der Waals surface area contributed by atoms with Crippen LogP contribution in [0.15, 0.2) is 11.4 Å². The maximum atomic E-state index is 5.55. The number of aryl methyl sites for hydroxylation is 2. The van der Waals surface area contributed by atoms with Crippen molar-refractivity contribution in [2.24, 2.45) is 5.84 Å². The minimum absolute atomic E-state index is 0.676. The monoisotopic (exact) mass is 263 g/mol. The number of nitrogens with one attached hydrogen (secondary N) is 1. The summed E-state index contributed by atoms with van der Waals surface area (Å²) in [6, 6.07) is 2.16. The van der Waals surface area contributed by atoms with E-state index in [0.29, 0.717) is 5.82 Å². The van der Waals surface area contributed by atoms with E-state index in [-0.39, 0.29) is 0 Å². The molecule has 0 aliphatic rings. The van der Waals surface area contributed by atoms with Crippen molar-refractivity contribution in [3.63, 3.8) is 0 Å². The predicted octanol–water partition coefficient (Wildman–Crippen LogP) is 3.03. The number of thiazole rings is 1. The zero-order valence-corrected chi connectivity index (χ0v) is 11.8. The third-order valence-electron chi connectivity index (χ3n) is 3.06.